The highest BCUT2D eigenvalue weighted by molar-refractivity contribution is 5.98. The molecule has 1 heterocycles. The van der Waals surface area contributed by atoms with Crippen LogP contribution in [0.2, 0.25) is 0 Å². The molecule has 1 aromatic rings. The van der Waals surface area contributed by atoms with Gasteiger partial charge in [0.2, 0.25) is 5.91 Å². The third-order valence-corrected chi connectivity index (χ3v) is 4.93. The van der Waals surface area contributed by atoms with E-state index in [1.54, 1.807) is 25.1 Å². The van der Waals surface area contributed by atoms with Gasteiger partial charge in [0, 0.05) is 11.6 Å². The van der Waals surface area contributed by atoms with Crippen molar-refractivity contribution < 1.29 is 14.7 Å². The third-order valence-electron chi connectivity index (χ3n) is 4.93. The summed E-state index contributed by atoms with van der Waals surface area (Å²) in [5.74, 6) is -0.861. The summed E-state index contributed by atoms with van der Waals surface area (Å²) in [5.41, 5.74) is 1.64. The molecule has 1 aliphatic carbocycles. The minimum absolute atomic E-state index is 0.0301. The molecule has 1 saturated carbocycles. The molecule has 1 aliphatic heterocycles. The number of hydrogen-bond donors (Lipinski definition) is 3. The van der Waals surface area contributed by atoms with Gasteiger partial charge in [-0.1, -0.05) is 6.07 Å². The van der Waals surface area contributed by atoms with Crippen molar-refractivity contribution >= 4 is 17.6 Å². The first-order valence-corrected chi connectivity index (χ1v) is 7.38. The van der Waals surface area contributed by atoms with Crippen molar-refractivity contribution in [1.82, 2.24) is 5.32 Å². The number of carboxylic acid groups (broad SMARTS) is 1. The largest absolute Gasteiger partial charge is 0.478 e. The van der Waals surface area contributed by atoms with E-state index in [0.29, 0.717) is 11.3 Å². The monoisotopic (exact) mass is 288 g/mol. The van der Waals surface area contributed by atoms with Crippen LogP contribution < -0.4 is 10.6 Å². The summed E-state index contributed by atoms with van der Waals surface area (Å²) < 4.78 is 0. The highest BCUT2D eigenvalue weighted by Crippen LogP contribution is 2.58. The van der Waals surface area contributed by atoms with Crippen LogP contribution in [0, 0.1) is 18.3 Å². The van der Waals surface area contributed by atoms with Crippen molar-refractivity contribution in [1.29, 1.82) is 0 Å². The Morgan fingerprint density at radius 2 is 2.05 bits per heavy atom. The number of carbonyl (C=O) groups excluding carboxylic acids is 1. The fourth-order valence-electron chi connectivity index (χ4n) is 3.42. The van der Waals surface area contributed by atoms with E-state index in [1.807, 2.05) is 0 Å². The fraction of sp³-hybridized carbons (Fsp3) is 0.500. The maximum absolute atomic E-state index is 12.4. The smallest absolute Gasteiger partial charge is 0.336 e. The summed E-state index contributed by atoms with van der Waals surface area (Å²) in [6.45, 7) is 3.70. The van der Waals surface area contributed by atoms with Crippen LogP contribution in [0.4, 0.5) is 5.69 Å². The molecule has 21 heavy (non-hydrogen) atoms. The number of piperidine rings is 1. The van der Waals surface area contributed by atoms with Crippen molar-refractivity contribution in [3.05, 3.63) is 29.3 Å². The Bertz CT molecular complexity index is 591. The fourth-order valence-corrected chi connectivity index (χ4v) is 3.42. The number of amides is 1. The van der Waals surface area contributed by atoms with Crippen LogP contribution in [-0.2, 0) is 4.79 Å². The predicted octanol–water partition coefficient (Wildman–Crippen LogP) is 2.02. The quantitative estimate of drug-likeness (QED) is 0.795. The SMILES string of the molecule is Cc1c(NC(=O)C2CC23CCNCC3)cccc1C(=O)O. The van der Waals surface area contributed by atoms with E-state index < -0.39 is 5.97 Å². The van der Waals surface area contributed by atoms with Crippen LogP contribution in [0.25, 0.3) is 0 Å². The van der Waals surface area contributed by atoms with Crippen molar-refractivity contribution in [3.63, 3.8) is 0 Å². The average Bonchev–Trinajstić information content (AvgIpc) is 3.15. The molecule has 112 valence electrons. The Kier molecular flexibility index (Phi) is 3.45. The maximum atomic E-state index is 12.4. The van der Waals surface area contributed by atoms with Crippen LogP contribution >= 0.6 is 0 Å². The Morgan fingerprint density at radius 1 is 1.33 bits per heavy atom. The van der Waals surface area contributed by atoms with Gasteiger partial charge in [-0.3, -0.25) is 4.79 Å². The van der Waals surface area contributed by atoms with E-state index in [9.17, 15) is 9.59 Å². The molecule has 2 fully saturated rings. The molecular formula is C16H20N2O3. The van der Waals surface area contributed by atoms with Crippen molar-refractivity contribution in [2.75, 3.05) is 18.4 Å². The zero-order valence-electron chi connectivity index (χ0n) is 12.1. The normalized spacial score (nSPS) is 22.8. The molecule has 1 amide bonds. The van der Waals surface area contributed by atoms with Gasteiger partial charge in [-0.05, 0) is 62.4 Å². The number of benzene rings is 1. The lowest BCUT2D eigenvalue weighted by Gasteiger charge is -2.23. The summed E-state index contributed by atoms with van der Waals surface area (Å²) in [7, 11) is 0. The van der Waals surface area contributed by atoms with Gasteiger partial charge in [0.05, 0.1) is 5.56 Å². The zero-order valence-corrected chi connectivity index (χ0v) is 12.1. The van der Waals surface area contributed by atoms with Gasteiger partial charge in [-0.25, -0.2) is 4.79 Å². The molecule has 0 bridgehead atoms. The molecule has 1 spiro atoms. The topological polar surface area (TPSA) is 78.4 Å². The van der Waals surface area contributed by atoms with E-state index in [1.165, 1.54) is 0 Å². The van der Waals surface area contributed by atoms with Gasteiger partial charge in [0.25, 0.3) is 0 Å². The van der Waals surface area contributed by atoms with Crippen molar-refractivity contribution in [2.24, 2.45) is 11.3 Å². The van der Waals surface area contributed by atoms with Gasteiger partial charge in [-0.2, -0.15) is 0 Å². The summed E-state index contributed by atoms with van der Waals surface area (Å²) in [5, 5.41) is 15.4. The Balaban J connectivity index is 1.72. The van der Waals surface area contributed by atoms with Crippen molar-refractivity contribution in [2.45, 2.75) is 26.2 Å². The Hall–Kier alpha value is -1.88. The summed E-state index contributed by atoms with van der Waals surface area (Å²) in [4.78, 5) is 23.5. The number of hydrogen-bond acceptors (Lipinski definition) is 3. The van der Waals surface area contributed by atoms with E-state index in [4.69, 9.17) is 5.11 Å². The molecule has 5 heteroatoms. The van der Waals surface area contributed by atoms with E-state index in [2.05, 4.69) is 10.6 Å². The molecule has 1 saturated heterocycles. The predicted molar refractivity (Wildman–Crippen MR) is 79.4 cm³/mol. The minimum atomic E-state index is -0.968. The minimum Gasteiger partial charge on any atom is -0.478 e. The number of aromatic carboxylic acids is 1. The molecule has 3 rings (SSSR count). The van der Waals surface area contributed by atoms with Gasteiger partial charge < -0.3 is 15.7 Å². The van der Waals surface area contributed by atoms with Gasteiger partial charge in [-0.15, -0.1) is 0 Å². The molecule has 2 aliphatic rings. The number of carboxylic acids is 1. The number of rotatable bonds is 3. The lowest BCUT2D eigenvalue weighted by molar-refractivity contribution is -0.118. The molecule has 0 aromatic heterocycles. The molecule has 5 nitrogen and oxygen atoms in total. The second-order valence-corrected chi connectivity index (χ2v) is 6.14. The van der Waals surface area contributed by atoms with E-state index in [-0.39, 0.29) is 22.8 Å². The number of carbonyl (C=O) groups is 2. The van der Waals surface area contributed by atoms with Gasteiger partial charge in [0.1, 0.15) is 0 Å². The summed E-state index contributed by atoms with van der Waals surface area (Å²) in [6.07, 6.45) is 3.07. The van der Waals surface area contributed by atoms with Gasteiger partial charge in [0.15, 0.2) is 0 Å². The standard InChI is InChI=1S/C16H20N2O3/c1-10-11(15(20)21)3-2-4-13(10)18-14(19)12-9-16(12)5-7-17-8-6-16/h2-4,12,17H,5-9H2,1H3,(H,18,19)(H,20,21). The summed E-state index contributed by atoms with van der Waals surface area (Å²) in [6, 6.07) is 4.98. The maximum Gasteiger partial charge on any atom is 0.336 e. The molecule has 1 aromatic carbocycles. The highest BCUT2D eigenvalue weighted by Gasteiger charge is 2.57. The molecule has 1 atom stereocenters. The lowest BCUT2D eigenvalue weighted by atomic mass is 9.91. The molecular weight excluding hydrogens is 268 g/mol. The molecule has 3 N–H and O–H groups in total. The Labute approximate surface area is 123 Å². The van der Waals surface area contributed by atoms with Crippen molar-refractivity contribution in [3.8, 4) is 0 Å². The number of nitrogens with one attached hydrogen (secondary N) is 2. The third kappa shape index (κ3) is 2.53. The summed E-state index contributed by atoms with van der Waals surface area (Å²) >= 11 is 0. The number of anilines is 1. The molecule has 0 radical (unpaired) electrons. The first-order valence-electron chi connectivity index (χ1n) is 7.38. The van der Waals surface area contributed by atoms with E-state index in [0.717, 1.165) is 32.4 Å². The van der Waals surface area contributed by atoms with Gasteiger partial charge >= 0.3 is 5.97 Å². The van der Waals surface area contributed by atoms with Crippen LogP contribution in [-0.4, -0.2) is 30.1 Å². The first kappa shape index (κ1) is 14.1. The highest BCUT2D eigenvalue weighted by atomic mass is 16.4. The van der Waals surface area contributed by atoms with Crippen LogP contribution in [0.5, 0.6) is 0 Å². The molecule has 1 unspecified atom stereocenters. The van der Waals surface area contributed by atoms with Crippen LogP contribution in [0.3, 0.4) is 0 Å². The first-order chi connectivity index (χ1) is 10.0. The van der Waals surface area contributed by atoms with Crippen LogP contribution in [0.15, 0.2) is 18.2 Å². The second kappa shape index (κ2) is 5.15. The average molecular weight is 288 g/mol. The second-order valence-electron chi connectivity index (χ2n) is 6.14. The van der Waals surface area contributed by atoms with E-state index >= 15 is 0 Å². The lowest BCUT2D eigenvalue weighted by Crippen LogP contribution is -2.31. The Morgan fingerprint density at radius 3 is 2.71 bits per heavy atom. The zero-order chi connectivity index (χ0) is 15.0. The van der Waals surface area contributed by atoms with Crippen LogP contribution in [0.1, 0.15) is 35.2 Å².